The first kappa shape index (κ1) is 32.6. The molecule has 0 radical (unpaired) electrons. The number of hydrogen-bond donors (Lipinski definition) is 0. The highest BCUT2D eigenvalue weighted by atomic mass is 32.2. The van der Waals surface area contributed by atoms with E-state index in [1.54, 1.807) is 0 Å². The minimum atomic E-state index is -4.79. The minimum absolute atomic E-state index is 0.153. The maximum absolute atomic E-state index is 14.4. The fourth-order valence-electron chi connectivity index (χ4n) is 4.34. The molecule has 8 nitrogen and oxygen atoms in total. The Kier molecular flexibility index (Phi) is 9.51. The van der Waals surface area contributed by atoms with E-state index >= 15 is 0 Å². The molecule has 0 saturated carbocycles. The molecule has 4 aromatic rings. The normalized spacial score (nSPS) is 13.3. The van der Waals surface area contributed by atoms with Gasteiger partial charge in [-0.15, -0.1) is 0 Å². The first-order chi connectivity index (χ1) is 21.2. The minimum Gasteiger partial charge on any atom is -0.258 e. The van der Waals surface area contributed by atoms with Crippen LogP contribution in [-0.4, -0.2) is 18.3 Å². The predicted molar refractivity (Wildman–Crippen MR) is 151 cm³/mol. The molecule has 0 spiro atoms. The molecule has 0 saturated heterocycles. The molecule has 45 heavy (non-hydrogen) atoms. The first-order valence-electron chi connectivity index (χ1n) is 12.6. The molecule has 0 aromatic heterocycles. The van der Waals surface area contributed by atoms with Crippen LogP contribution < -0.4 is 0 Å². The third kappa shape index (κ3) is 7.26. The standard InChI is InChI=1S/C30H18F6N2O6S/c31-19-13-25(33)23(26(34)14-19)9-11-29(17-1-5-21(6-2-17)37(39)40)45(43,44)30(18-3-7-22(8-4-18)38(41)42)12-10-24-27(35)15-20(32)16-28(24)36/h1-16,29-30H/b11-9-,12-10-. The molecule has 0 aliphatic carbocycles. The van der Waals surface area contributed by atoms with Gasteiger partial charge in [0.1, 0.15) is 45.4 Å². The summed E-state index contributed by atoms with van der Waals surface area (Å²) < 4.78 is 113. The Morgan fingerprint density at radius 2 is 0.844 bits per heavy atom. The van der Waals surface area contributed by atoms with E-state index < -0.39 is 87.6 Å². The Hall–Kier alpha value is -5.31. The lowest BCUT2D eigenvalue weighted by Gasteiger charge is -2.22. The number of nitrogens with zero attached hydrogens (tertiary/aromatic N) is 2. The van der Waals surface area contributed by atoms with Gasteiger partial charge in [-0.25, -0.2) is 34.8 Å². The van der Waals surface area contributed by atoms with E-state index in [0.29, 0.717) is 36.4 Å². The van der Waals surface area contributed by atoms with Gasteiger partial charge in [-0.3, -0.25) is 20.2 Å². The van der Waals surface area contributed by atoms with Crippen molar-refractivity contribution in [2.24, 2.45) is 0 Å². The van der Waals surface area contributed by atoms with Crippen LogP contribution in [-0.2, 0) is 9.84 Å². The van der Waals surface area contributed by atoms with Gasteiger partial charge in [-0.2, -0.15) is 0 Å². The topological polar surface area (TPSA) is 120 Å². The van der Waals surface area contributed by atoms with Crippen molar-refractivity contribution < 1.29 is 44.6 Å². The third-order valence-electron chi connectivity index (χ3n) is 6.54. The van der Waals surface area contributed by atoms with Crippen molar-refractivity contribution in [1.29, 1.82) is 0 Å². The number of non-ortho nitro benzene ring substituents is 2. The number of halogens is 6. The fraction of sp³-hybridized carbons (Fsp3) is 0.0667. The lowest BCUT2D eigenvalue weighted by molar-refractivity contribution is -0.385. The maximum Gasteiger partial charge on any atom is 0.269 e. The number of benzene rings is 4. The summed E-state index contributed by atoms with van der Waals surface area (Å²) in [4.78, 5) is 20.8. The van der Waals surface area contributed by atoms with E-state index in [9.17, 15) is 55.0 Å². The van der Waals surface area contributed by atoms with Crippen molar-refractivity contribution >= 4 is 33.4 Å². The molecule has 232 valence electrons. The number of sulfone groups is 1. The van der Waals surface area contributed by atoms with Crippen molar-refractivity contribution in [1.82, 2.24) is 0 Å². The van der Waals surface area contributed by atoms with Gasteiger partial charge < -0.3 is 0 Å². The van der Waals surface area contributed by atoms with Crippen LogP contribution in [0.25, 0.3) is 12.2 Å². The van der Waals surface area contributed by atoms with E-state index in [4.69, 9.17) is 0 Å². The monoisotopic (exact) mass is 648 g/mol. The molecule has 0 heterocycles. The second kappa shape index (κ2) is 13.1. The Balaban J connectivity index is 1.93. The molecule has 4 rings (SSSR count). The zero-order valence-electron chi connectivity index (χ0n) is 22.4. The Morgan fingerprint density at radius 1 is 0.556 bits per heavy atom. The van der Waals surface area contributed by atoms with E-state index in [1.807, 2.05) is 0 Å². The third-order valence-corrected chi connectivity index (χ3v) is 8.81. The first-order valence-corrected chi connectivity index (χ1v) is 14.2. The highest BCUT2D eigenvalue weighted by Gasteiger charge is 2.34. The Morgan fingerprint density at radius 3 is 1.11 bits per heavy atom. The van der Waals surface area contributed by atoms with Crippen molar-refractivity contribution in [2.75, 3.05) is 0 Å². The molecule has 0 aliphatic heterocycles. The smallest absolute Gasteiger partial charge is 0.258 e. The van der Waals surface area contributed by atoms with Gasteiger partial charge in [0.15, 0.2) is 9.84 Å². The van der Waals surface area contributed by atoms with Gasteiger partial charge >= 0.3 is 0 Å². The highest BCUT2D eigenvalue weighted by molar-refractivity contribution is 7.92. The molecule has 0 bridgehead atoms. The van der Waals surface area contributed by atoms with Crippen LogP contribution in [0.3, 0.4) is 0 Å². The van der Waals surface area contributed by atoms with Crippen LogP contribution >= 0.6 is 0 Å². The van der Waals surface area contributed by atoms with E-state index in [-0.39, 0.29) is 11.1 Å². The number of hydrogen-bond acceptors (Lipinski definition) is 6. The summed E-state index contributed by atoms with van der Waals surface area (Å²) in [6.07, 6.45) is 3.07. The van der Waals surface area contributed by atoms with Crippen LogP contribution in [0.15, 0.2) is 84.9 Å². The molecule has 0 aliphatic rings. The van der Waals surface area contributed by atoms with Gasteiger partial charge in [0, 0.05) is 59.7 Å². The number of rotatable bonds is 10. The molecular formula is C30H18F6N2O6S. The number of nitro benzene ring substituents is 2. The van der Waals surface area contributed by atoms with Crippen LogP contribution in [0.5, 0.6) is 0 Å². The Bertz CT molecular complexity index is 1770. The molecule has 15 heteroatoms. The van der Waals surface area contributed by atoms with Gasteiger partial charge in [0.2, 0.25) is 0 Å². The van der Waals surface area contributed by atoms with E-state index in [0.717, 1.165) is 60.7 Å². The lowest BCUT2D eigenvalue weighted by Crippen LogP contribution is -2.19. The van der Waals surface area contributed by atoms with Crippen LogP contribution in [0.2, 0.25) is 0 Å². The van der Waals surface area contributed by atoms with Crippen molar-refractivity contribution in [3.63, 3.8) is 0 Å². The van der Waals surface area contributed by atoms with Gasteiger partial charge in [0.25, 0.3) is 11.4 Å². The average Bonchev–Trinajstić information content (AvgIpc) is 2.95. The maximum atomic E-state index is 14.4. The van der Waals surface area contributed by atoms with Crippen molar-refractivity contribution in [2.45, 2.75) is 10.5 Å². The Labute approximate surface area is 250 Å². The van der Waals surface area contributed by atoms with E-state index in [2.05, 4.69) is 0 Å². The predicted octanol–water partition coefficient (Wildman–Crippen LogP) is 7.96. The molecule has 2 unspecified atom stereocenters. The van der Waals surface area contributed by atoms with Crippen LogP contribution in [0.4, 0.5) is 37.7 Å². The zero-order chi connectivity index (χ0) is 33.1. The van der Waals surface area contributed by atoms with Gasteiger partial charge in [0.05, 0.1) is 9.85 Å². The van der Waals surface area contributed by atoms with E-state index in [1.165, 1.54) is 0 Å². The van der Waals surface area contributed by atoms with Crippen LogP contribution in [0.1, 0.15) is 32.8 Å². The molecule has 2 atom stereocenters. The van der Waals surface area contributed by atoms with Gasteiger partial charge in [-0.05, 0) is 11.1 Å². The molecular weight excluding hydrogens is 630 g/mol. The van der Waals surface area contributed by atoms with Gasteiger partial charge in [-0.1, -0.05) is 48.6 Å². The summed E-state index contributed by atoms with van der Waals surface area (Å²) in [5.41, 5.74) is -2.81. The summed E-state index contributed by atoms with van der Waals surface area (Å²) in [6, 6.07) is 9.48. The average molecular weight is 649 g/mol. The molecule has 0 fully saturated rings. The summed E-state index contributed by atoms with van der Waals surface area (Å²) in [5, 5.41) is 18.6. The summed E-state index contributed by atoms with van der Waals surface area (Å²) in [7, 11) is -4.79. The molecule has 4 aromatic carbocycles. The highest BCUT2D eigenvalue weighted by Crippen LogP contribution is 2.38. The van der Waals surface area contributed by atoms with Crippen molar-refractivity contribution in [3.05, 3.63) is 162 Å². The second-order valence-electron chi connectivity index (χ2n) is 9.41. The quantitative estimate of drug-likeness (QED) is 0.0978. The largest absolute Gasteiger partial charge is 0.269 e. The molecule has 0 amide bonds. The molecule has 0 N–H and O–H groups in total. The summed E-state index contributed by atoms with van der Waals surface area (Å²) in [5.74, 6) is -8.00. The fourth-order valence-corrected chi connectivity index (χ4v) is 6.33. The zero-order valence-corrected chi connectivity index (χ0v) is 23.2. The number of nitro groups is 2. The lowest BCUT2D eigenvalue weighted by atomic mass is 10.1. The van der Waals surface area contributed by atoms with Crippen LogP contribution in [0, 0.1) is 55.1 Å². The second-order valence-corrected chi connectivity index (χ2v) is 11.6. The summed E-state index contributed by atoms with van der Waals surface area (Å²) >= 11 is 0. The van der Waals surface area contributed by atoms with Crippen molar-refractivity contribution in [3.8, 4) is 0 Å². The SMILES string of the molecule is O=[N+]([O-])c1ccc(C(/C=C\c2c(F)cc(F)cc2F)S(=O)(=O)C(/C=C\c2c(F)cc(F)cc2F)c2ccc([N+](=O)[O-])cc2)cc1. The summed E-state index contributed by atoms with van der Waals surface area (Å²) in [6.45, 7) is 0.